The smallest absolute Gasteiger partial charge is 0.327 e. The second kappa shape index (κ2) is 5.94. The zero-order valence-electron chi connectivity index (χ0n) is 9.55. The quantitative estimate of drug-likeness (QED) is 0.764. The fourth-order valence-electron chi connectivity index (χ4n) is 1.75. The zero-order chi connectivity index (χ0) is 12.1. The Balaban J connectivity index is 2.83. The van der Waals surface area contributed by atoms with Gasteiger partial charge >= 0.3 is 5.97 Å². The van der Waals surface area contributed by atoms with E-state index in [1.807, 2.05) is 6.92 Å². The summed E-state index contributed by atoms with van der Waals surface area (Å²) in [6.45, 7) is 3.79. The minimum atomic E-state index is -0.913. The monoisotopic (exact) mass is 243 g/mol. The van der Waals surface area contributed by atoms with E-state index in [0.29, 0.717) is 5.75 Å². The summed E-state index contributed by atoms with van der Waals surface area (Å²) in [5, 5.41) is 9.06. The first kappa shape index (κ1) is 13.1. The van der Waals surface area contributed by atoms with Crippen LogP contribution >= 0.6 is 11.8 Å². The van der Waals surface area contributed by atoms with E-state index < -0.39 is 12.0 Å². The number of nitrogens with zero attached hydrogens (tertiary/aromatic N) is 1. The maximum Gasteiger partial charge on any atom is 0.327 e. The Hall–Kier alpha value is -0.970. The van der Waals surface area contributed by atoms with Crippen molar-refractivity contribution in [1.29, 1.82) is 0 Å². The highest BCUT2D eigenvalue weighted by molar-refractivity contribution is 8.00. The van der Waals surface area contributed by atoms with Crippen LogP contribution in [0.4, 0.5) is 0 Å². The molecule has 1 aliphatic rings. The van der Waals surface area contributed by atoms with Gasteiger partial charge in [0.15, 0.2) is 0 Å². The lowest BCUT2D eigenvalue weighted by Gasteiger charge is -2.25. The lowest BCUT2D eigenvalue weighted by molar-refractivity contribution is -0.147. The molecule has 2 atom stereocenters. The minimum Gasteiger partial charge on any atom is -0.480 e. The van der Waals surface area contributed by atoms with Crippen molar-refractivity contribution in [3.63, 3.8) is 0 Å². The first-order chi connectivity index (χ1) is 7.61. The molecule has 1 amide bonds. The number of thioether (sulfide) groups is 1. The van der Waals surface area contributed by atoms with E-state index >= 15 is 0 Å². The van der Waals surface area contributed by atoms with Crippen molar-refractivity contribution in [2.45, 2.75) is 38.1 Å². The number of carboxylic acids is 1. The summed E-state index contributed by atoms with van der Waals surface area (Å²) in [7, 11) is 0. The largest absolute Gasteiger partial charge is 0.480 e. The van der Waals surface area contributed by atoms with Crippen LogP contribution in [0, 0.1) is 0 Å². The average molecular weight is 243 g/mol. The van der Waals surface area contributed by atoms with Gasteiger partial charge in [-0.05, 0) is 19.4 Å². The molecule has 0 aromatic rings. The van der Waals surface area contributed by atoms with E-state index in [-0.39, 0.29) is 11.3 Å². The van der Waals surface area contributed by atoms with E-state index in [0.717, 1.165) is 12.8 Å². The molecule has 1 rings (SSSR count). The molecule has 0 aliphatic carbocycles. The van der Waals surface area contributed by atoms with Crippen LogP contribution in [0.25, 0.3) is 0 Å². The molecule has 0 saturated carbocycles. The number of hydrogen-bond donors (Lipinski definition) is 1. The molecule has 1 N–H and O–H groups in total. The van der Waals surface area contributed by atoms with Crippen LogP contribution in [-0.2, 0) is 9.59 Å². The summed E-state index contributed by atoms with van der Waals surface area (Å²) in [6.07, 6.45) is 4.87. The third-order valence-corrected chi connectivity index (χ3v) is 3.83. The van der Waals surface area contributed by atoms with Crippen LogP contribution in [0.15, 0.2) is 12.2 Å². The Bertz CT molecular complexity index is 304. The van der Waals surface area contributed by atoms with Gasteiger partial charge in [-0.15, -0.1) is 11.8 Å². The maximum absolute atomic E-state index is 11.8. The topological polar surface area (TPSA) is 57.6 Å². The third kappa shape index (κ3) is 2.78. The second-order valence-electron chi connectivity index (χ2n) is 3.68. The molecule has 0 aromatic heterocycles. The van der Waals surface area contributed by atoms with Gasteiger partial charge in [0.2, 0.25) is 5.91 Å². The number of amides is 1. The Morgan fingerprint density at radius 1 is 1.56 bits per heavy atom. The molecule has 0 aromatic carbocycles. The Labute approximate surface area is 99.7 Å². The Morgan fingerprint density at radius 3 is 2.75 bits per heavy atom. The molecule has 1 fully saturated rings. The van der Waals surface area contributed by atoms with Gasteiger partial charge in [0.25, 0.3) is 0 Å². The van der Waals surface area contributed by atoms with Gasteiger partial charge in [-0.3, -0.25) is 4.79 Å². The van der Waals surface area contributed by atoms with Crippen molar-refractivity contribution in [3.05, 3.63) is 12.2 Å². The summed E-state index contributed by atoms with van der Waals surface area (Å²) in [5.74, 6) is -0.620. The van der Waals surface area contributed by atoms with E-state index in [1.165, 1.54) is 11.0 Å². The molecule has 0 bridgehead atoms. The number of carbonyl (C=O) groups is 2. The molecule has 1 aliphatic heterocycles. The lowest BCUT2D eigenvalue weighted by atomic mass is 10.2. The van der Waals surface area contributed by atoms with Crippen LogP contribution in [0.3, 0.4) is 0 Å². The summed E-state index contributed by atoms with van der Waals surface area (Å²) >= 11 is 1.56. The molecule has 1 heterocycles. The Morgan fingerprint density at radius 2 is 2.25 bits per heavy atom. The molecule has 2 unspecified atom stereocenters. The normalized spacial score (nSPS) is 25.2. The summed E-state index contributed by atoms with van der Waals surface area (Å²) in [4.78, 5) is 24.3. The average Bonchev–Trinajstić information content (AvgIpc) is 2.62. The van der Waals surface area contributed by atoms with E-state index in [2.05, 4.69) is 0 Å². The van der Waals surface area contributed by atoms with Gasteiger partial charge in [0, 0.05) is 5.75 Å². The third-order valence-electron chi connectivity index (χ3n) is 2.48. The fourth-order valence-corrected chi connectivity index (χ4v) is 3.27. The standard InChI is InChI=1S/C11H17NO3S/c1-3-5-9(13)12-8(11(14)15)7-16-10(12)6-4-2/h3,5,8,10H,4,6-7H2,1-2H3,(H,14,15). The van der Waals surface area contributed by atoms with Crippen LogP contribution in [-0.4, -0.2) is 39.1 Å². The molecular weight excluding hydrogens is 226 g/mol. The molecule has 90 valence electrons. The predicted molar refractivity (Wildman–Crippen MR) is 64.2 cm³/mol. The number of hydrogen-bond acceptors (Lipinski definition) is 3. The van der Waals surface area contributed by atoms with Crippen LogP contribution < -0.4 is 0 Å². The van der Waals surface area contributed by atoms with E-state index in [1.54, 1.807) is 24.8 Å². The zero-order valence-corrected chi connectivity index (χ0v) is 10.4. The molecule has 4 nitrogen and oxygen atoms in total. The molecule has 0 radical (unpaired) electrons. The highest BCUT2D eigenvalue weighted by atomic mass is 32.2. The fraction of sp³-hybridized carbons (Fsp3) is 0.636. The highest BCUT2D eigenvalue weighted by Gasteiger charge is 2.40. The Kier molecular flexibility index (Phi) is 4.86. The maximum atomic E-state index is 11.8. The molecule has 5 heteroatoms. The van der Waals surface area contributed by atoms with Crippen LogP contribution in [0.5, 0.6) is 0 Å². The van der Waals surface area contributed by atoms with Crippen molar-refractivity contribution in [1.82, 2.24) is 4.90 Å². The number of carbonyl (C=O) groups excluding carboxylic acids is 1. The first-order valence-electron chi connectivity index (χ1n) is 5.41. The number of carboxylic acid groups (broad SMARTS) is 1. The molecular formula is C11H17NO3S. The lowest BCUT2D eigenvalue weighted by Crippen LogP contribution is -2.44. The SMILES string of the molecule is CC=CC(=O)N1C(CCC)SCC1C(=O)O. The van der Waals surface area contributed by atoms with Gasteiger partial charge in [-0.2, -0.15) is 0 Å². The van der Waals surface area contributed by atoms with Crippen molar-refractivity contribution in [3.8, 4) is 0 Å². The summed E-state index contributed by atoms with van der Waals surface area (Å²) in [5.41, 5.74) is 0. The van der Waals surface area contributed by atoms with Crippen LogP contribution in [0.2, 0.25) is 0 Å². The summed E-state index contributed by atoms with van der Waals surface area (Å²) in [6, 6.07) is -0.676. The highest BCUT2D eigenvalue weighted by Crippen LogP contribution is 2.32. The van der Waals surface area contributed by atoms with Crippen molar-refractivity contribution < 1.29 is 14.7 Å². The van der Waals surface area contributed by atoms with Crippen molar-refractivity contribution in [2.24, 2.45) is 0 Å². The second-order valence-corrected chi connectivity index (χ2v) is 4.89. The van der Waals surface area contributed by atoms with E-state index in [4.69, 9.17) is 5.11 Å². The van der Waals surface area contributed by atoms with Gasteiger partial charge in [-0.1, -0.05) is 19.4 Å². The number of aliphatic carboxylic acids is 1. The van der Waals surface area contributed by atoms with Gasteiger partial charge in [0.05, 0.1) is 5.37 Å². The first-order valence-corrected chi connectivity index (χ1v) is 6.46. The van der Waals surface area contributed by atoms with Crippen molar-refractivity contribution >= 4 is 23.6 Å². The predicted octanol–water partition coefficient (Wildman–Crippen LogP) is 1.72. The minimum absolute atomic E-state index is 0.00907. The molecule has 1 saturated heterocycles. The number of allylic oxidation sites excluding steroid dienone is 1. The number of rotatable bonds is 4. The summed E-state index contributed by atoms with van der Waals surface area (Å²) < 4.78 is 0. The van der Waals surface area contributed by atoms with Crippen LogP contribution in [0.1, 0.15) is 26.7 Å². The van der Waals surface area contributed by atoms with Gasteiger partial charge in [0.1, 0.15) is 6.04 Å². The van der Waals surface area contributed by atoms with Gasteiger partial charge < -0.3 is 10.0 Å². The van der Waals surface area contributed by atoms with E-state index in [9.17, 15) is 9.59 Å². The molecule has 16 heavy (non-hydrogen) atoms. The molecule has 0 spiro atoms. The van der Waals surface area contributed by atoms with Gasteiger partial charge in [-0.25, -0.2) is 4.79 Å². The van der Waals surface area contributed by atoms with Crippen molar-refractivity contribution in [2.75, 3.05) is 5.75 Å².